The minimum atomic E-state index is -0.204. The highest BCUT2D eigenvalue weighted by Crippen LogP contribution is 2.27. The van der Waals surface area contributed by atoms with Gasteiger partial charge in [-0.3, -0.25) is 4.79 Å². The molecule has 94 valence electrons. The van der Waals surface area contributed by atoms with Gasteiger partial charge in [-0.2, -0.15) is 0 Å². The lowest BCUT2D eigenvalue weighted by atomic mass is 10.0. The van der Waals surface area contributed by atoms with E-state index in [9.17, 15) is 9.90 Å². The maximum absolute atomic E-state index is 12.4. The normalized spacial score (nSPS) is 10.7. The van der Waals surface area contributed by atoms with Gasteiger partial charge in [0.15, 0.2) is 0 Å². The fourth-order valence-electron chi connectivity index (χ4n) is 2.08. The van der Waals surface area contributed by atoms with E-state index in [0.29, 0.717) is 16.5 Å². The van der Waals surface area contributed by atoms with E-state index in [-0.39, 0.29) is 22.6 Å². The fourth-order valence-corrected chi connectivity index (χ4v) is 2.08. The third-order valence-corrected chi connectivity index (χ3v) is 2.97. The van der Waals surface area contributed by atoms with Gasteiger partial charge in [0.1, 0.15) is 11.3 Å². The number of hydrogen-bond acceptors (Lipinski definition) is 4. The van der Waals surface area contributed by atoms with E-state index in [0.717, 1.165) is 0 Å². The van der Waals surface area contributed by atoms with E-state index in [1.807, 2.05) is 18.2 Å². The first-order chi connectivity index (χ1) is 9.16. The Labute approximate surface area is 108 Å². The van der Waals surface area contributed by atoms with Crippen LogP contribution in [0.3, 0.4) is 0 Å². The summed E-state index contributed by atoms with van der Waals surface area (Å²) in [5.74, 6) is 0.0804. The summed E-state index contributed by atoms with van der Waals surface area (Å²) in [6.45, 7) is 0. The van der Waals surface area contributed by atoms with Crippen LogP contribution in [0.2, 0.25) is 0 Å². The van der Waals surface area contributed by atoms with Gasteiger partial charge in [-0.1, -0.05) is 30.3 Å². The van der Waals surface area contributed by atoms with Crippen molar-refractivity contribution in [3.8, 4) is 16.9 Å². The van der Waals surface area contributed by atoms with E-state index in [4.69, 9.17) is 10.2 Å². The number of aromatic hydroxyl groups is 1. The van der Waals surface area contributed by atoms with Gasteiger partial charge in [0, 0.05) is 6.07 Å². The summed E-state index contributed by atoms with van der Waals surface area (Å²) in [7, 11) is 0. The van der Waals surface area contributed by atoms with Crippen LogP contribution in [-0.4, -0.2) is 5.11 Å². The van der Waals surface area contributed by atoms with Gasteiger partial charge in [-0.25, -0.2) is 0 Å². The van der Waals surface area contributed by atoms with Crippen molar-refractivity contribution in [1.82, 2.24) is 0 Å². The molecule has 3 rings (SSSR count). The summed E-state index contributed by atoms with van der Waals surface area (Å²) in [5, 5.41) is 9.79. The second kappa shape index (κ2) is 4.17. The molecule has 0 aliphatic heterocycles. The molecular weight excluding hydrogens is 242 g/mol. The molecule has 0 saturated heterocycles. The second-order valence-electron chi connectivity index (χ2n) is 4.22. The van der Waals surface area contributed by atoms with Gasteiger partial charge in [-0.05, 0) is 17.7 Å². The molecule has 0 atom stereocenters. The molecule has 0 radical (unpaired) electrons. The first kappa shape index (κ1) is 11.3. The number of anilines is 1. The smallest absolute Gasteiger partial charge is 0.202 e. The van der Waals surface area contributed by atoms with Crippen molar-refractivity contribution in [1.29, 1.82) is 0 Å². The molecule has 0 spiro atoms. The van der Waals surface area contributed by atoms with Gasteiger partial charge in [0.05, 0.1) is 10.9 Å². The molecule has 0 aliphatic rings. The van der Waals surface area contributed by atoms with Crippen LogP contribution in [0.5, 0.6) is 5.75 Å². The molecule has 0 fully saturated rings. The van der Waals surface area contributed by atoms with E-state index < -0.39 is 0 Å². The maximum Gasteiger partial charge on any atom is 0.202 e. The highest BCUT2D eigenvalue weighted by molar-refractivity contribution is 5.86. The molecule has 0 bridgehead atoms. The van der Waals surface area contributed by atoms with E-state index in [1.54, 1.807) is 12.1 Å². The van der Waals surface area contributed by atoms with E-state index in [1.165, 1.54) is 18.2 Å². The van der Waals surface area contributed by atoms with Crippen molar-refractivity contribution < 1.29 is 9.52 Å². The Kier molecular flexibility index (Phi) is 2.49. The Morgan fingerprint density at radius 1 is 1.05 bits per heavy atom. The molecule has 3 aromatic rings. The predicted molar refractivity (Wildman–Crippen MR) is 74.0 cm³/mol. The molecule has 0 amide bonds. The number of rotatable bonds is 1. The lowest BCUT2D eigenvalue weighted by molar-refractivity contribution is 0.474. The summed E-state index contributed by atoms with van der Waals surface area (Å²) in [6, 6.07) is 13.5. The minimum Gasteiger partial charge on any atom is -0.508 e. The zero-order chi connectivity index (χ0) is 13.4. The average molecular weight is 253 g/mol. The van der Waals surface area contributed by atoms with Gasteiger partial charge in [-0.15, -0.1) is 0 Å². The Bertz CT molecular complexity index is 807. The highest BCUT2D eigenvalue weighted by Gasteiger charge is 2.14. The number of hydrogen-bond donors (Lipinski definition) is 2. The zero-order valence-electron chi connectivity index (χ0n) is 9.96. The number of fused-ring (bicyclic) bond motifs is 1. The van der Waals surface area contributed by atoms with Crippen LogP contribution >= 0.6 is 0 Å². The molecule has 4 nitrogen and oxygen atoms in total. The van der Waals surface area contributed by atoms with Crippen LogP contribution in [0.1, 0.15) is 0 Å². The third kappa shape index (κ3) is 1.83. The highest BCUT2D eigenvalue weighted by atomic mass is 16.3. The van der Waals surface area contributed by atoms with Crippen molar-refractivity contribution >= 4 is 16.9 Å². The van der Waals surface area contributed by atoms with Crippen LogP contribution < -0.4 is 11.2 Å². The van der Waals surface area contributed by atoms with Crippen molar-refractivity contribution in [2.75, 3.05) is 5.73 Å². The summed E-state index contributed by atoms with van der Waals surface area (Å²) >= 11 is 0. The SMILES string of the molecule is Nc1oc2cc(O)ccc2c(=O)c1-c1ccccc1. The lowest BCUT2D eigenvalue weighted by Gasteiger charge is -2.06. The molecule has 19 heavy (non-hydrogen) atoms. The summed E-state index contributed by atoms with van der Waals surface area (Å²) in [6.07, 6.45) is 0. The Morgan fingerprint density at radius 2 is 1.79 bits per heavy atom. The van der Waals surface area contributed by atoms with Crippen LogP contribution in [0.25, 0.3) is 22.1 Å². The largest absolute Gasteiger partial charge is 0.508 e. The molecular formula is C15H11NO3. The average Bonchev–Trinajstić information content (AvgIpc) is 2.39. The summed E-state index contributed by atoms with van der Waals surface area (Å²) in [4.78, 5) is 12.4. The molecule has 4 heteroatoms. The Morgan fingerprint density at radius 3 is 2.53 bits per heavy atom. The standard InChI is InChI=1S/C15H11NO3/c16-15-13(9-4-2-1-3-5-9)14(18)11-7-6-10(17)8-12(11)19-15/h1-8,17H,16H2. The van der Waals surface area contributed by atoms with Gasteiger partial charge in [0.2, 0.25) is 11.3 Å². The lowest BCUT2D eigenvalue weighted by Crippen LogP contribution is -2.08. The molecule has 1 aromatic heterocycles. The predicted octanol–water partition coefficient (Wildman–Crippen LogP) is 2.75. The van der Waals surface area contributed by atoms with Gasteiger partial charge in [0.25, 0.3) is 0 Å². The van der Waals surface area contributed by atoms with Gasteiger partial charge >= 0.3 is 0 Å². The molecule has 1 heterocycles. The fraction of sp³-hybridized carbons (Fsp3) is 0. The van der Waals surface area contributed by atoms with Crippen LogP contribution in [0, 0.1) is 0 Å². The number of phenols is 1. The van der Waals surface area contributed by atoms with Crippen LogP contribution in [0.4, 0.5) is 5.88 Å². The van der Waals surface area contributed by atoms with Crippen molar-refractivity contribution in [2.24, 2.45) is 0 Å². The van der Waals surface area contributed by atoms with Crippen LogP contribution in [-0.2, 0) is 0 Å². The van der Waals surface area contributed by atoms with Crippen molar-refractivity contribution in [3.63, 3.8) is 0 Å². The minimum absolute atomic E-state index is 0.0301. The number of phenolic OH excluding ortho intramolecular Hbond substituents is 1. The van der Waals surface area contributed by atoms with Crippen molar-refractivity contribution in [2.45, 2.75) is 0 Å². The molecule has 0 unspecified atom stereocenters. The Hall–Kier alpha value is -2.75. The molecule has 0 aliphatic carbocycles. The van der Waals surface area contributed by atoms with Crippen LogP contribution in [0.15, 0.2) is 57.7 Å². The molecule has 3 N–H and O–H groups in total. The van der Waals surface area contributed by atoms with E-state index in [2.05, 4.69) is 0 Å². The molecule has 0 saturated carbocycles. The number of nitrogen functional groups attached to an aromatic ring is 1. The third-order valence-electron chi connectivity index (χ3n) is 2.97. The number of nitrogens with two attached hydrogens (primary N) is 1. The van der Waals surface area contributed by atoms with E-state index >= 15 is 0 Å². The van der Waals surface area contributed by atoms with Gasteiger partial charge < -0.3 is 15.3 Å². The second-order valence-corrected chi connectivity index (χ2v) is 4.22. The maximum atomic E-state index is 12.4. The monoisotopic (exact) mass is 253 g/mol. The van der Waals surface area contributed by atoms with Crippen molar-refractivity contribution in [3.05, 3.63) is 58.8 Å². The topological polar surface area (TPSA) is 76.5 Å². The summed E-state index contributed by atoms with van der Waals surface area (Å²) < 4.78 is 5.43. The first-order valence-electron chi connectivity index (χ1n) is 5.77. The quantitative estimate of drug-likeness (QED) is 0.699. The first-order valence-corrected chi connectivity index (χ1v) is 5.77. The Balaban J connectivity index is 2.39. The number of benzene rings is 2. The summed E-state index contributed by atoms with van der Waals surface area (Å²) in [5.41, 5.74) is 6.96. The zero-order valence-corrected chi connectivity index (χ0v) is 9.96. The molecule has 2 aromatic carbocycles.